The quantitative estimate of drug-likeness (QED) is 0.454. The van der Waals surface area contributed by atoms with Gasteiger partial charge in [0, 0.05) is 37.4 Å². The lowest BCUT2D eigenvalue weighted by Gasteiger charge is -2.29. The van der Waals surface area contributed by atoms with E-state index in [2.05, 4.69) is 14.8 Å². The fourth-order valence-corrected chi connectivity index (χ4v) is 2.97. The molecule has 0 spiro atoms. The maximum Gasteiger partial charge on any atom is 0.411 e. The van der Waals surface area contributed by atoms with Gasteiger partial charge >= 0.3 is 6.09 Å². The number of carbonyl (C=O) groups excluding carboxylic acids is 1. The third kappa shape index (κ3) is 7.80. The first-order valence-corrected chi connectivity index (χ1v) is 10.8. The Morgan fingerprint density at radius 1 is 0.868 bits per heavy atom. The fraction of sp³-hybridized carbons (Fsp3) is 0.321. The molecule has 1 amide bonds. The van der Waals surface area contributed by atoms with Crippen molar-refractivity contribution in [1.82, 2.24) is 0 Å². The van der Waals surface area contributed by atoms with E-state index >= 15 is 0 Å². The normalized spacial score (nSPS) is 32.2. The molecule has 3 aromatic rings. The second-order valence-electron chi connectivity index (χ2n) is 7.29. The predicted molar refractivity (Wildman–Crippen MR) is 144 cm³/mol. The molecule has 0 unspecified atom stereocenters. The Labute approximate surface area is 243 Å². The highest BCUT2D eigenvalue weighted by molar-refractivity contribution is 5.85. The summed E-state index contributed by atoms with van der Waals surface area (Å²) >= 11 is 0. The van der Waals surface area contributed by atoms with Gasteiger partial charge in [0.15, 0.2) is 0 Å². The zero-order valence-corrected chi connectivity index (χ0v) is 19.4. The summed E-state index contributed by atoms with van der Waals surface area (Å²) in [5.41, 5.74) is 4.58. The number of nitrogens with zero attached hydrogens (tertiary/aromatic N) is 2. The van der Waals surface area contributed by atoms with E-state index in [0.29, 0.717) is 0 Å². The highest BCUT2D eigenvalue weighted by Gasteiger charge is 2.16. The molecule has 0 aliphatic carbocycles. The number of nitrogens with one attached hydrogen (secondary N) is 1. The summed E-state index contributed by atoms with van der Waals surface area (Å²) in [5.74, 6) is -2.34. The molecule has 2 aliphatic heterocycles. The van der Waals surface area contributed by atoms with E-state index in [9.17, 15) is 13.6 Å². The van der Waals surface area contributed by atoms with Crippen LogP contribution in [0.15, 0.2) is 66.7 Å². The van der Waals surface area contributed by atoms with Gasteiger partial charge in [-0.1, -0.05) is 30.3 Å². The molecule has 2 saturated heterocycles. The van der Waals surface area contributed by atoms with E-state index in [-0.39, 0.29) is 27.8 Å². The topological polar surface area (TPSA) is 89.3 Å². The summed E-state index contributed by atoms with van der Waals surface area (Å²) in [4.78, 5) is 12.1. The van der Waals surface area contributed by atoms with Crippen LogP contribution in [0.4, 0.5) is 36.3 Å². The molecule has 0 saturated carbocycles. The molecule has 8 nitrogen and oxygen atoms in total. The summed E-state index contributed by atoms with van der Waals surface area (Å²) < 4.78 is 167. The molecule has 10 heteroatoms. The second kappa shape index (κ2) is 13.6. The van der Waals surface area contributed by atoms with Gasteiger partial charge in [0.2, 0.25) is 0 Å². The standard InChI is InChI=1S/C18H19FN2O3.C10H13FN2O/c19-16-12-15(6-7-17(16)21-8-10-23-11-9-21)20-18(22)24-13-14-4-2-1-3-5-14;11-9-7-8(12)1-2-10(9)13-3-5-14-6-4-13/h1-7,12H,8-11,13H2,(H,20,22);1-2,7H,3-6,12H2/i8D2,9D2,10D2,11D2;3D2,4D2,5D2,6D2. The van der Waals surface area contributed by atoms with Gasteiger partial charge in [-0.15, -0.1) is 0 Å². The van der Waals surface area contributed by atoms with Crippen molar-refractivity contribution in [3.63, 3.8) is 0 Å². The number of benzene rings is 3. The number of hydrogen-bond acceptors (Lipinski definition) is 7. The number of nitrogen functional groups attached to an aromatic ring is 1. The SMILES string of the molecule is [2H]C1([2H])OC([2H])([2H])C([2H])([2H])N(c2ccc(N)cc2F)C1([2H])[2H].[2H]C1([2H])OC([2H])([2H])C([2H])([2H])N(c2ccc(NC(=O)OCc3ccccc3)cc2F)C1([2H])[2H]. The molecule has 0 atom stereocenters. The van der Waals surface area contributed by atoms with Crippen LogP contribution in [0.5, 0.6) is 0 Å². The minimum atomic E-state index is -3.31. The number of carbonyl (C=O) groups is 1. The van der Waals surface area contributed by atoms with E-state index in [1.807, 2.05) is 0 Å². The van der Waals surface area contributed by atoms with Crippen molar-refractivity contribution in [2.24, 2.45) is 0 Å². The fourth-order valence-electron chi connectivity index (χ4n) is 2.97. The third-order valence-electron chi connectivity index (χ3n) is 4.69. The Kier molecular flexibility index (Phi) is 4.74. The van der Waals surface area contributed by atoms with Crippen LogP contribution in [0, 0.1) is 11.6 Å². The molecule has 202 valence electrons. The van der Waals surface area contributed by atoms with Crippen molar-refractivity contribution in [3.05, 3.63) is 83.9 Å². The van der Waals surface area contributed by atoms with Gasteiger partial charge in [-0.25, -0.2) is 13.6 Å². The van der Waals surface area contributed by atoms with Gasteiger partial charge in [-0.05, 0) is 42.0 Å². The molecule has 2 heterocycles. The van der Waals surface area contributed by atoms with Crippen LogP contribution >= 0.6 is 0 Å². The van der Waals surface area contributed by atoms with Crippen molar-refractivity contribution < 1.29 is 49.7 Å². The van der Waals surface area contributed by atoms with Crippen LogP contribution in [0.25, 0.3) is 0 Å². The number of ether oxygens (including phenoxy) is 3. The molecular formula is C28H32F2N4O4. The summed E-state index contributed by atoms with van der Waals surface area (Å²) in [6.45, 7) is -26.0. The van der Waals surface area contributed by atoms with Crippen LogP contribution in [0.3, 0.4) is 0 Å². The number of rotatable bonds is 5. The highest BCUT2D eigenvalue weighted by atomic mass is 19.1. The molecule has 2 aliphatic rings. The molecule has 0 radical (unpaired) electrons. The molecule has 38 heavy (non-hydrogen) atoms. The lowest BCUT2D eigenvalue weighted by atomic mass is 10.2. The minimum absolute atomic E-state index is 0.00153. The van der Waals surface area contributed by atoms with Crippen LogP contribution in [-0.2, 0) is 20.8 Å². The molecule has 0 bridgehead atoms. The largest absolute Gasteiger partial charge is 0.444 e. The van der Waals surface area contributed by atoms with E-state index in [1.165, 1.54) is 6.07 Å². The van der Waals surface area contributed by atoms with Gasteiger partial charge in [0.05, 0.1) is 59.5 Å². The molecule has 3 aromatic carbocycles. The molecular weight excluding hydrogens is 494 g/mol. The van der Waals surface area contributed by atoms with Crippen LogP contribution < -0.4 is 20.9 Å². The monoisotopic (exact) mass is 542 g/mol. The first-order chi connectivity index (χ1) is 24.4. The van der Waals surface area contributed by atoms with Gasteiger partial charge in [-0.3, -0.25) is 5.32 Å². The van der Waals surface area contributed by atoms with Gasteiger partial charge in [0.1, 0.15) is 18.2 Å². The Morgan fingerprint density at radius 2 is 1.42 bits per heavy atom. The van der Waals surface area contributed by atoms with Gasteiger partial charge in [-0.2, -0.15) is 0 Å². The van der Waals surface area contributed by atoms with Gasteiger partial charge in [0.25, 0.3) is 0 Å². The Morgan fingerprint density at radius 3 is 1.97 bits per heavy atom. The number of nitrogens with two attached hydrogens (primary N) is 1. The zero-order valence-electron chi connectivity index (χ0n) is 35.4. The van der Waals surface area contributed by atoms with Crippen LogP contribution in [0.2, 0.25) is 0 Å². The summed E-state index contributed by atoms with van der Waals surface area (Å²) in [6, 6.07) is 14.5. The molecule has 5 rings (SSSR count). The highest BCUT2D eigenvalue weighted by Crippen LogP contribution is 2.24. The maximum atomic E-state index is 14.9. The molecule has 2 fully saturated rings. The minimum Gasteiger partial charge on any atom is -0.444 e. The average molecular weight is 543 g/mol. The predicted octanol–water partition coefficient (Wildman–Crippen LogP) is 4.66. The number of halogens is 2. The maximum absolute atomic E-state index is 14.9. The van der Waals surface area contributed by atoms with Crippen LogP contribution in [0.1, 0.15) is 27.5 Å². The van der Waals surface area contributed by atoms with E-state index in [0.717, 1.165) is 35.9 Å². The third-order valence-corrected chi connectivity index (χ3v) is 4.69. The van der Waals surface area contributed by atoms with Crippen molar-refractivity contribution in [2.75, 3.05) is 73.1 Å². The summed E-state index contributed by atoms with van der Waals surface area (Å²) in [6.07, 6.45) is -0.897. The number of hydrogen-bond donors (Lipinski definition) is 2. The van der Waals surface area contributed by atoms with Crippen molar-refractivity contribution in [1.29, 1.82) is 0 Å². The van der Waals surface area contributed by atoms with Gasteiger partial charge < -0.3 is 29.7 Å². The lowest BCUT2D eigenvalue weighted by molar-refractivity contribution is 0.122. The number of amides is 1. The molecule has 0 aromatic heterocycles. The van der Waals surface area contributed by atoms with Crippen molar-refractivity contribution >= 4 is 28.8 Å². The Bertz CT molecular complexity index is 1820. The smallest absolute Gasteiger partial charge is 0.411 e. The van der Waals surface area contributed by atoms with E-state index < -0.39 is 81.3 Å². The zero-order chi connectivity index (χ0) is 41.1. The Balaban J connectivity index is 0.000000258. The van der Waals surface area contributed by atoms with Crippen LogP contribution in [-0.4, -0.2) is 58.3 Å². The van der Waals surface area contributed by atoms with Crippen molar-refractivity contribution in [2.45, 2.75) is 6.61 Å². The molecule has 3 N–H and O–H groups in total. The summed E-state index contributed by atoms with van der Waals surface area (Å²) in [5, 5.41) is 2.28. The number of anilines is 4. The summed E-state index contributed by atoms with van der Waals surface area (Å²) in [7, 11) is 0. The van der Waals surface area contributed by atoms with E-state index in [4.69, 9.17) is 32.4 Å². The Hall–Kier alpha value is -3.89. The van der Waals surface area contributed by atoms with E-state index in [1.54, 1.807) is 30.3 Å². The van der Waals surface area contributed by atoms with Crippen molar-refractivity contribution in [3.8, 4) is 0 Å². The first kappa shape index (κ1) is 13.3. The second-order valence-corrected chi connectivity index (χ2v) is 7.29. The number of morpholine rings is 2. The average Bonchev–Trinajstić information content (AvgIpc) is 3.01. The first-order valence-electron chi connectivity index (χ1n) is 18.8. The lowest BCUT2D eigenvalue weighted by Crippen LogP contribution is -2.36.